The quantitative estimate of drug-likeness (QED) is 0.649. The Morgan fingerprint density at radius 2 is 1.67 bits per heavy atom. The molecule has 0 aliphatic rings. The molecule has 0 aromatic heterocycles. The SMILES string of the molecule is C/C=C(\C)N[Si](C)(C)C(C)(C)C. The molecule has 72 valence electrons. The Kier molecular flexibility index (Phi) is 3.57. The predicted octanol–water partition coefficient (Wildman–Crippen LogP) is 3.50. The van der Waals surface area contributed by atoms with Crippen LogP contribution in [0.5, 0.6) is 0 Å². The standard InChI is InChI=1S/C10H23NSi/c1-8-9(2)11-12(6,7)10(3,4)5/h8,11H,1-7H3/b9-8+. The van der Waals surface area contributed by atoms with E-state index in [4.69, 9.17) is 0 Å². The topological polar surface area (TPSA) is 12.0 Å². The summed E-state index contributed by atoms with van der Waals surface area (Å²) in [5.41, 5.74) is 1.31. The van der Waals surface area contributed by atoms with E-state index in [0.29, 0.717) is 5.04 Å². The van der Waals surface area contributed by atoms with Gasteiger partial charge in [-0.1, -0.05) is 39.9 Å². The third-order valence-electron chi connectivity index (χ3n) is 2.82. The van der Waals surface area contributed by atoms with Crippen LogP contribution in [0.15, 0.2) is 11.8 Å². The lowest BCUT2D eigenvalue weighted by Gasteiger charge is -2.38. The van der Waals surface area contributed by atoms with E-state index in [1.165, 1.54) is 5.70 Å². The van der Waals surface area contributed by atoms with Gasteiger partial charge in [-0.05, 0) is 24.6 Å². The van der Waals surface area contributed by atoms with Crippen molar-refractivity contribution in [3.8, 4) is 0 Å². The highest BCUT2D eigenvalue weighted by Crippen LogP contribution is 2.34. The molecule has 1 N–H and O–H groups in total. The van der Waals surface area contributed by atoms with Crippen molar-refractivity contribution in [2.75, 3.05) is 0 Å². The van der Waals surface area contributed by atoms with Gasteiger partial charge in [0.05, 0.1) is 0 Å². The zero-order valence-corrected chi connectivity index (χ0v) is 10.6. The van der Waals surface area contributed by atoms with E-state index in [0.717, 1.165) is 0 Å². The number of nitrogens with one attached hydrogen (secondary N) is 1. The largest absolute Gasteiger partial charge is 0.414 e. The lowest BCUT2D eigenvalue weighted by molar-refractivity contribution is 0.701. The lowest BCUT2D eigenvalue weighted by atomic mass is 10.2. The number of hydrogen-bond acceptors (Lipinski definition) is 1. The number of hydrogen-bond donors (Lipinski definition) is 1. The predicted molar refractivity (Wildman–Crippen MR) is 59.8 cm³/mol. The molecule has 0 fully saturated rings. The summed E-state index contributed by atoms with van der Waals surface area (Å²) >= 11 is 0. The third kappa shape index (κ3) is 3.01. The van der Waals surface area contributed by atoms with Crippen molar-refractivity contribution in [2.24, 2.45) is 0 Å². The zero-order chi connectivity index (χ0) is 9.99. The van der Waals surface area contributed by atoms with Gasteiger partial charge in [0.15, 0.2) is 8.24 Å². The van der Waals surface area contributed by atoms with Crippen LogP contribution in [0.2, 0.25) is 18.1 Å². The molecular weight excluding hydrogens is 162 g/mol. The molecule has 0 saturated heterocycles. The first kappa shape index (κ1) is 11.8. The second-order valence-corrected chi connectivity index (χ2v) is 9.97. The minimum absolute atomic E-state index is 0.414. The Hall–Kier alpha value is -0.243. The summed E-state index contributed by atoms with van der Waals surface area (Å²) in [6, 6.07) is 0. The van der Waals surface area contributed by atoms with Crippen molar-refractivity contribution in [1.29, 1.82) is 0 Å². The molecule has 0 aliphatic heterocycles. The first-order valence-electron chi connectivity index (χ1n) is 4.62. The molecule has 0 bridgehead atoms. The highest BCUT2D eigenvalue weighted by Gasteiger charge is 2.35. The summed E-state index contributed by atoms with van der Waals surface area (Å²) in [7, 11) is -1.31. The van der Waals surface area contributed by atoms with Gasteiger partial charge in [0.25, 0.3) is 0 Å². The van der Waals surface area contributed by atoms with Crippen molar-refractivity contribution in [3.05, 3.63) is 11.8 Å². The molecule has 0 atom stereocenters. The summed E-state index contributed by atoms with van der Waals surface area (Å²) in [5, 5.41) is 0.414. The molecule has 0 aromatic rings. The molecule has 12 heavy (non-hydrogen) atoms. The highest BCUT2D eigenvalue weighted by molar-refractivity contribution is 6.78. The monoisotopic (exact) mass is 185 g/mol. The van der Waals surface area contributed by atoms with E-state index in [-0.39, 0.29) is 0 Å². The second-order valence-electron chi connectivity index (χ2n) is 4.97. The minimum Gasteiger partial charge on any atom is -0.414 e. The zero-order valence-electron chi connectivity index (χ0n) is 9.58. The van der Waals surface area contributed by atoms with Crippen molar-refractivity contribution in [1.82, 2.24) is 4.98 Å². The van der Waals surface area contributed by atoms with E-state index in [1.807, 2.05) is 0 Å². The Bertz CT molecular complexity index is 175. The van der Waals surface area contributed by atoms with Gasteiger partial charge in [-0.15, -0.1) is 0 Å². The van der Waals surface area contributed by atoms with Crippen LogP contribution in [-0.4, -0.2) is 8.24 Å². The van der Waals surface area contributed by atoms with Crippen molar-refractivity contribution in [2.45, 2.75) is 52.8 Å². The molecule has 0 radical (unpaired) electrons. The van der Waals surface area contributed by atoms with Crippen LogP contribution in [-0.2, 0) is 0 Å². The van der Waals surface area contributed by atoms with Gasteiger partial charge in [0.2, 0.25) is 0 Å². The van der Waals surface area contributed by atoms with Gasteiger partial charge in [-0.2, -0.15) is 0 Å². The molecule has 2 heteroatoms. The highest BCUT2D eigenvalue weighted by atomic mass is 28.3. The lowest BCUT2D eigenvalue weighted by Crippen LogP contribution is -2.51. The van der Waals surface area contributed by atoms with E-state index in [9.17, 15) is 0 Å². The van der Waals surface area contributed by atoms with Crippen LogP contribution in [0, 0.1) is 0 Å². The molecule has 0 unspecified atom stereocenters. The van der Waals surface area contributed by atoms with Crippen LogP contribution in [0.4, 0.5) is 0 Å². The van der Waals surface area contributed by atoms with Crippen LogP contribution >= 0.6 is 0 Å². The molecule has 0 rings (SSSR count). The maximum absolute atomic E-state index is 3.65. The summed E-state index contributed by atoms with van der Waals surface area (Å²) < 4.78 is 0. The average Bonchev–Trinajstić information content (AvgIpc) is 1.84. The summed E-state index contributed by atoms with van der Waals surface area (Å²) in [5.74, 6) is 0. The fourth-order valence-electron chi connectivity index (χ4n) is 0.753. The Morgan fingerprint density at radius 3 is 1.92 bits per heavy atom. The van der Waals surface area contributed by atoms with Crippen molar-refractivity contribution in [3.63, 3.8) is 0 Å². The Morgan fingerprint density at radius 1 is 1.25 bits per heavy atom. The van der Waals surface area contributed by atoms with Crippen LogP contribution in [0.1, 0.15) is 34.6 Å². The van der Waals surface area contributed by atoms with Gasteiger partial charge in [-0.25, -0.2) is 0 Å². The second kappa shape index (κ2) is 3.65. The summed E-state index contributed by atoms with van der Waals surface area (Å²) in [6.45, 7) is 15.9. The first-order chi connectivity index (χ1) is 5.20. The third-order valence-corrected chi connectivity index (χ3v) is 7.59. The Labute approximate surface area is 78.3 Å². The summed E-state index contributed by atoms with van der Waals surface area (Å²) in [4.78, 5) is 3.65. The fourth-order valence-corrected chi connectivity index (χ4v) is 2.26. The van der Waals surface area contributed by atoms with Gasteiger partial charge < -0.3 is 4.98 Å². The Balaban J connectivity index is 4.44. The van der Waals surface area contributed by atoms with E-state index in [1.54, 1.807) is 0 Å². The van der Waals surface area contributed by atoms with Crippen LogP contribution in [0.3, 0.4) is 0 Å². The number of allylic oxidation sites excluding steroid dienone is 2. The normalized spacial score (nSPS) is 14.8. The molecule has 0 spiro atoms. The average molecular weight is 185 g/mol. The first-order valence-corrected chi connectivity index (χ1v) is 7.62. The van der Waals surface area contributed by atoms with Gasteiger partial charge in [0.1, 0.15) is 0 Å². The van der Waals surface area contributed by atoms with Gasteiger partial charge in [0, 0.05) is 0 Å². The fraction of sp³-hybridized carbons (Fsp3) is 0.800. The number of rotatable bonds is 2. The van der Waals surface area contributed by atoms with E-state index < -0.39 is 8.24 Å². The maximum atomic E-state index is 3.65. The van der Waals surface area contributed by atoms with Crippen LogP contribution in [0.25, 0.3) is 0 Å². The van der Waals surface area contributed by atoms with Gasteiger partial charge in [-0.3, -0.25) is 0 Å². The molecule has 1 nitrogen and oxygen atoms in total. The molecule has 0 aromatic carbocycles. The smallest absolute Gasteiger partial charge is 0.152 e. The molecular formula is C10H23NSi. The van der Waals surface area contributed by atoms with E-state index >= 15 is 0 Å². The molecule has 0 heterocycles. The maximum Gasteiger partial charge on any atom is 0.152 e. The molecule has 0 saturated carbocycles. The summed E-state index contributed by atoms with van der Waals surface area (Å²) in [6.07, 6.45) is 2.14. The van der Waals surface area contributed by atoms with Crippen molar-refractivity contribution >= 4 is 8.24 Å². The van der Waals surface area contributed by atoms with E-state index in [2.05, 4.69) is 58.8 Å². The molecule has 0 aliphatic carbocycles. The molecule has 0 amide bonds. The van der Waals surface area contributed by atoms with Crippen molar-refractivity contribution < 1.29 is 0 Å². The minimum atomic E-state index is -1.31. The van der Waals surface area contributed by atoms with Crippen LogP contribution < -0.4 is 4.98 Å². The van der Waals surface area contributed by atoms with Gasteiger partial charge >= 0.3 is 0 Å².